The van der Waals surface area contributed by atoms with Crippen LogP contribution in [-0.4, -0.2) is 27.9 Å². The number of piperidine rings is 1. The predicted octanol–water partition coefficient (Wildman–Crippen LogP) is 7.04. The third-order valence-electron chi connectivity index (χ3n) is 7.30. The molecule has 2 aromatic carbocycles. The molecule has 2 saturated heterocycles. The van der Waals surface area contributed by atoms with Crippen molar-refractivity contribution < 1.29 is 4.79 Å². The van der Waals surface area contributed by atoms with Gasteiger partial charge in [0, 0.05) is 29.3 Å². The van der Waals surface area contributed by atoms with Gasteiger partial charge in [0.25, 0.3) is 0 Å². The molecule has 1 aromatic heterocycles. The number of carbonyl (C=O) groups is 1. The van der Waals surface area contributed by atoms with E-state index in [1.54, 1.807) is 4.68 Å². The summed E-state index contributed by atoms with van der Waals surface area (Å²) in [6.07, 6.45) is 6.35. The first kappa shape index (κ1) is 29.0. The van der Waals surface area contributed by atoms with E-state index in [0.29, 0.717) is 5.82 Å². The Morgan fingerprint density at radius 3 is 2.19 bits per heavy atom. The number of amides is 2. The first-order valence-corrected chi connectivity index (χ1v) is 12.8. The Labute approximate surface area is 232 Å². The molecule has 2 aliphatic rings. The number of carbonyl (C=O) groups excluding carboxylic acids is 1. The van der Waals surface area contributed by atoms with E-state index in [1.807, 2.05) is 42.5 Å². The monoisotopic (exact) mass is 543 g/mol. The molecule has 37 heavy (non-hydrogen) atoms. The number of nitrogens with one attached hydrogen (secondary N) is 3. The summed E-state index contributed by atoms with van der Waals surface area (Å²) < 4.78 is 1.80. The molecule has 2 amide bonds. The maximum absolute atomic E-state index is 12.9. The van der Waals surface area contributed by atoms with Gasteiger partial charge in [-0.3, -0.25) is 5.32 Å². The molecule has 3 N–H and O–H groups in total. The zero-order chi connectivity index (χ0) is 24.6. The van der Waals surface area contributed by atoms with Crippen LogP contribution < -0.4 is 16.0 Å². The van der Waals surface area contributed by atoms with Gasteiger partial charge in [-0.2, -0.15) is 5.10 Å². The van der Waals surface area contributed by atoms with Crippen molar-refractivity contribution in [2.75, 3.05) is 10.6 Å². The fourth-order valence-corrected chi connectivity index (χ4v) is 5.40. The maximum Gasteiger partial charge on any atom is 0.324 e. The zero-order valence-corrected chi connectivity index (χ0v) is 23.7. The van der Waals surface area contributed by atoms with Crippen molar-refractivity contribution >= 4 is 42.4 Å². The average Bonchev–Trinajstić information content (AvgIpc) is 3.38. The van der Waals surface area contributed by atoms with Crippen molar-refractivity contribution in [3.8, 4) is 5.69 Å². The topological polar surface area (TPSA) is 71.0 Å². The molecule has 3 aromatic rings. The van der Waals surface area contributed by atoms with E-state index in [9.17, 15) is 4.79 Å². The van der Waals surface area contributed by atoms with Gasteiger partial charge in [-0.05, 0) is 74.8 Å². The molecule has 2 unspecified atom stereocenters. The van der Waals surface area contributed by atoms with Gasteiger partial charge in [-0.25, -0.2) is 9.48 Å². The lowest BCUT2D eigenvalue weighted by atomic mass is 9.87. The maximum atomic E-state index is 12.9. The number of rotatable bonds is 5. The normalized spacial score (nSPS) is 20.5. The van der Waals surface area contributed by atoms with E-state index in [0.717, 1.165) is 41.5 Å². The van der Waals surface area contributed by atoms with Gasteiger partial charge in [0.05, 0.1) is 11.4 Å². The molecule has 5 rings (SSSR count). The van der Waals surface area contributed by atoms with Crippen molar-refractivity contribution in [2.24, 2.45) is 5.92 Å². The van der Waals surface area contributed by atoms with Gasteiger partial charge in [0.2, 0.25) is 0 Å². The Balaban J connectivity index is 0.00000190. The number of nitrogens with zero attached hydrogens (tertiary/aromatic N) is 2. The molecule has 200 valence electrons. The zero-order valence-electron chi connectivity index (χ0n) is 22.1. The quantitative estimate of drug-likeness (QED) is 0.323. The van der Waals surface area contributed by atoms with Crippen molar-refractivity contribution in [1.82, 2.24) is 15.1 Å². The highest BCUT2D eigenvalue weighted by Gasteiger charge is 2.33. The van der Waals surface area contributed by atoms with Gasteiger partial charge in [0.15, 0.2) is 0 Å². The van der Waals surface area contributed by atoms with Crippen molar-refractivity contribution in [2.45, 2.75) is 77.3 Å². The van der Waals surface area contributed by atoms with E-state index >= 15 is 0 Å². The molecule has 2 atom stereocenters. The molecule has 2 bridgehead atoms. The van der Waals surface area contributed by atoms with Gasteiger partial charge >= 0.3 is 6.03 Å². The Bertz CT molecular complexity index is 1170. The number of fused-ring (bicyclic) bond motifs is 2. The summed E-state index contributed by atoms with van der Waals surface area (Å²) in [7, 11) is 0. The SMILES string of the molecule is Cc1ccc(-n2nc(C(C)(C)C)cc2NC(=O)Nc2ccc(CC3CC4CCC(C3)N4)cc2)cc1.Cl.Cl. The predicted molar refractivity (Wildman–Crippen MR) is 157 cm³/mol. The Hall–Kier alpha value is -2.54. The van der Waals surface area contributed by atoms with Crippen LogP contribution >= 0.6 is 24.8 Å². The van der Waals surface area contributed by atoms with Crippen LogP contribution in [0.15, 0.2) is 54.6 Å². The number of aryl methyl sites for hydroxylation is 1. The molecule has 6 nitrogen and oxygen atoms in total. The third-order valence-corrected chi connectivity index (χ3v) is 7.30. The van der Waals surface area contributed by atoms with Gasteiger partial charge in [-0.15, -0.1) is 24.8 Å². The molecule has 8 heteroatoms. The Morgan fingerprint density at radius 2 is 1.59 bits per heavy atom. The number of aromatic nitrogens is 2. The first-order chi connectivity index (χ1) is 16.7. The van der Waals surface area contributed by atoms with Crippen LogP contribution in [0.2, 0.25) is 0 Å². The molecule has 0 spiro atoms. The summed E-state index contributed by atoms with van der Waals surface area (Å²) in [5.41, 5.74) is 5.01. The minimum atomic E-state index is -0.276. The van der Waals surface area contributed by atoms with E-state index in [-0.39, 0.29) is 36.3 Å². The largest absolute Gasteiger partial charge is 0.324 e. The molecule has 0 saturated carbocycles. The van der Waals surface area contributed by atoms with Crippen LogP contribution in [0.4, 0.5) is 16.3 Å². The summed E-state index contributed by atoms with van der Waals surface area (Å²) >= 11 is 0. The lowest BCUT2D eigenvalue weighted by Gasteiger charge is -2.29. The van der Waals surface area contributed by atoms with Crippen LogP contribution in [0.1, 0.15) is 63.3 Å². The lowest BCUT2D eigenvalue weighted by Crippen LogP contribution is -2.38. The van der Waals surface area contributed by atoms with Gasteiger partial charge < -0.3 is 10.6 Å². The minimum absolute atomic E-state index is 0. The van der Waals surface area contributed by atoms with Crippen LogP contribution in [0.3, 0.4) is 0 Å². The Kier molecular flexibility index (Phi) is 9.32. The minimum Gasteiger partial charge on any atom is -0.311 e. The summed E-state index contributed by atoms with van der Waals surface area (Å²) in [5, 5.41) is 14.5. The fraction of sp³-hybridized carbons (Fsp3) is 0.448. The summed E-state index contributed by atoms with van der Waals surface area (Å²) in [4.78, 5) is 12.9. The molecular weight excluding hydrogens is 505 g/mol. The van der Waals surface area contributed by atoms with Crippen LogP contribution in [-0.2, 0) is 11.8 Å². The highest BCUT2D eigenvalue weighted by Crippen LogP contribution is 2.33. The average molecular weight is 545 g/mol. The highest BCUT2D eigenvalue weighted by atomic mass is 35.5. The van der Waals surface area contributed by atoms with E-state index in [1.165, 1.54) is 36.8 Å². The summed E-state index contributed by atoms with van der Waals surface area (Å²) in [6.45, 7) is 8.42. The number of hydrogen-bond acceptors (Lipinski definition) is 3. The van der Waals surface area contributed by atoms with E-state index < -0.39 is 0 Å². The van der Waals surface area contributed by atoms with E-state index in [2.05, 4.69) is 55.8 Å². The molecule has 2 fully saturated rings. The second kappa shape index (κ2) is 11.9. The van der Waals surface area contributed by atoms with Gasteiger partial charge in [0.1, 0.15) is 5.82 Å². The third kappa shape index (κ3) is 7.07. The van der Waals surface area contributed by atoms with E-state index in [4.69, 9.17) is 5.10 Å². The molecule has 3 heterocycles. The number of hydrogen-bond donors (Lipinski definition) is 3. The lowest BCUT2D eigenvalue weighted by molar-refractivity contribution is 0.262. The number of benzene rings is 2. The standard InChI is InChI=1S/C29H37N5O.2ClH/c1-19-5-13-25(14-6-19)34-27(18-26(33-34)29(2,3)4)32-28(35)31-22-9-7-20(8-10-22)15-21-16-23-11-12-24(17-21)30-23;;/h5-10,13-14,18,21,23-24,30H,11-12,15-17H2,1-4H3,(H2,31,32,35);2*1H. The highest BCUT2D eigenvalue weighted by molar-refractivity contribution is 5.99. The number of halogens is 2. The molecule has 0 radical (unpaired) electrons. The van der Waals surface area contributed by atoms with Crippen LogP contribution in [0, 0.1) is 12.8 Å². The molecule has 0 aliphatic carbocycles. The smallest absolute Gasteiger partial charge is 0.311 e. The van der Waals surface area contributed by atoms with Gasteiger partial charge in [-0.1, -0.05) is 50.6 Å². The van der Waals surface area contributed by atoms with Crippen molar-refractivity contribution in [3.63, 3.8) is 0 Å². The summed E-state index contributed by atoms with van der Waals surface area (Å²) in [6, 6.07) is 19.5. The fourth-order valence-electron chi connectivity index (χ4n) is 5.40. The van der Waals surface area contributed by atoms with Crippen LogP contribution in [0.25, 0.3) is 5.69 Å². The number of urea groups is 1. The molecule has 2 aliphatic heterocycles. The second-order valence-corrected chi connectivity index (χ2v) is 11.4. The summed E-state index contributed by atoms with van der Waals surface area (Å²) in [5.74, 6) is 1.41. The second-order valence-electron chi connectivity index (χ2n) is 11.4. The molecular formula is C29H39Cl2N5O. The van der Waals surface area contributed by atoms with Crippen molar-refractivity contribution in [3.05, 3.63) is 71.4 Å². The number of anilines is 2. The van der Waals surface area contributed by atoms with Crippen molar-refractivity contribution in [1.29, 1.82) is 0 Å². The van der Waals surface area contributed by atoms with Crippen LogP contribution in [0.5, 0.6) is 0 Å². The first-order valence-electron chi connectivity index (χ1n) is 12.8. The Morgan fingerprint density at radius 1 is 0.973 bits per heavy atom.